The van der Waals surface area contributed by atoms with E-state index in [0.717, 1.165) is 11.3 Å². The number of hydrogen-bond acceptors (Lipinski definition) is 10. The molecule has 0 bridgehead atoms. The highest BCUT2D eigenvalue weighted by atomic mass is 32.2. The first-order valence-corrected chi connectivity index (χ1v) is 15.7. The van der Waals surface area contributed by atoms with Gasteiger partial charge in [-0.05, 0) is 55.3 Å². The number of rotatable bonds is 9. The van der Waals surface area contributed by atoms with E-state index < -0.39 is 23.5 Å². The Morgan fingerprint density at radius 2 is 1.74 bits per heavy atom. The van der Waals surface area contributed by atoms with E-state index in [1.807, 2.05) is 30.3 Å². The number of Topliss-reactive ketones (excluding diaryl/α,β-unsaturated/α-hetero) is 1. The molecule has 6 rings (SSSR count). The quantitative estimate of drug-likeness (QED) is 0.101. The molecule has 0 saturated heterocycles. The van der Waals surface area contributed by atoms with Crippen LogP contribution in [0.4, 0.5) is 9.52 Å². The third-order valence-electron chi connectivity index (χ3n) is 6.63. The van der Waals surface area contributed by atoms with Crippen molar-refractivity contribution in [2.75, 3.05) is 4.90 Å². The van der Waals surface area contributed by atoms with E-state index in [1.54, 1.807) is 56.3 Å². The monoisotopic (exact) mass is 630 g/mol. The van der Waals surface area contributed by atoms with Crippen LogP contribution in [0.2, 0.25) is 0 Å². The van der Waals surface area contributed by atoms with E-state index in [0.29, 0.717) is 48.3 Å². The van der Waals surface area contributed by atoms with Crippen LogP contribution in [0.25, 0.3) is 0 Å². The molecule has 1 amide bonds. The first-order chi connectivity index (χ1) is 20.8. The van der Waals surface area contributed by atoms with Crippen molar-refractivity contribution in [3.63, 3.8) is 0 Å². The fourth-order valence-corrected chi connectivity index (χ4v) is 7.43. The molecule has 12 heteroatoms. The van der Waals surface area contributed by atoms with E-state index in [4.69, 9.17) is 4.74 Å². The first kappa shape index (κ1) is 28.7. The molecule has 1 aliphatic rings. The number of aliphatic hydroxyl groups is 1. The number of nitrogens with zero attached hydrogens (tertiary/aromatic N) is 4. The summed E-state index contributed by atoms with van der Waals surface area (Å²) in [7, 11) is 0. The number of amides is 1. The van der Waals surface area contributed by atoms with Gasteiger partial charge in [-0.1, -0.05) is 71.6 Å². The van der Waals surface area contributed by atoms with Gasteiger partial charge in [0.15, 0.2) is 10.1 Å². The summed E-state index contributed by atoms with van der Waals surface area (Å²) >= 11 is 3.59. The Bertz CT molecular complexity index is 1870. The van der Waals surface area contributed by atoms with Crippen molar-refractivity contribution in [1.82, 2.24) is 15.2 Å². The van der Waals surface area contributed by atoms with Crippen molar-refractivity contribution in [3.05, 3.63) is 123 Å². The molecule has 1 atom stereocenters. The van der Waals surface area contributed by atoms with Gasteiger partial charge in [-0.2, -0.15) is 0 Å². The van der Waals surface area contributed by atoms with Crippen LogP contribution in [0.5, 0.6) is 11.5 Å². The minimum atomic E-state index is -1.02. The molecule has 3 heterocycles. The maximum Gasteiger partial charge on any atom is 0.296 e. The first-order valence-electron chi connectivity index (χ1n) is 13.1. The Kier molecular flexibility index (Phi) is 8.06. The van der Waals surface area contributed by atoms with Gasteiger partial charge in [0.2, 0.25) is 10.9 Å². The lowest BCUT2D eigenvalue weighted by Gasteiger charge is -2.24. The molecule has 1 N–H and O–H groups in total. The van der Waals surface area contributed by atoms with E-state index in [1.165, 1.54) is 34.1 Å². The number of aryl methyl sites for hydroxylation is 2. The summed E-state index contributed by atoms with van der Waals surface area (Å²) in [5, 5.41) is 20.5. The molecule has 2 aromatic heterocycles. The minimum absolute atomic E-state index is 0.0793. The number of thiazole rings is 1. The number of thioether (sulfide) groups is 1. The van der Waals surface area contributed by atoms with Crippen LogP contribution in [0.3, 0.4) is 0 Å². The molecule has 1 unspecified atom stereocenters. The lowest BCUT2D eigenvalue weighted by molar-refractivity contribution is -0.117. The smallest absolute Gasteiger partial charge is 0.296 e. The summed E-state index contributed by atoms with van der Waals surface area (Å²) in [6.07, 6.45) is 0. The number of carbonyl (C=O) groups is 2. The third kappa shape index (κ3) is 5.81. The van der Waals surface area contributed by atoms with Gasteiger partial charge in [-0.25, -0.2) is 9.37 Å². The Morgan fingerprint density at radius 3 is 2.49 bits per heavy atom. The summed E-state index contributed by atoms with van der Waals surface area (Å²) in [5.74, 6) is -0.835. The Hall–Kier alpha value is -4.39. The van der Waals surface area contributed by atoms with Gasteiger partial charge in [0.1, 0.15) is 17.3 Å². The van der Waals surface area contributed by atoms with Crippen molar-refractivity contribution in [3.8, 4) is 11.5 Å². The number of carbonyl (C=O) groups excluding carboxylic acids is 2. The van der Waals surface area contributed by atoms with Gasteiger partial charge in [-0.15, -0.1) is 21.5 Å². The summed E-state index contributed by atoms with van der Waals surface area (Å²) in [4.78, 5) is 33.6. The fraction of sp³-hybridized carbons (Fsp3) is 0.129. The van der Waals surface area contributed by atoms with Crippen molar-refractivity contribution in [2.45, 2.75) is 30.0 Å². The van der Waals surface area contributed by atoms with Crippen LogP contribution < -0.4 is 9.64 Å². The number of para-hydroxylation sites is 1. The molecule has 43 heavy (non-hydrogen) atoms. The number of aromatic nitrogens is 3. The molecular formula is C31H23FN4O4S3. The topological polar surface area (TPSA) is 106 Å². The summed E-state index contributed by atoms with van der Waals surface area (Å²) < 4.78 is 20.7. The van der Waals surface area contributed by atoms with Crippen molar-refractivity contribution >= 4 is 51.3 Å². The van der Waals surface area contributed by atoms with Crippen LogP contribution in [0.1, 0.15) is 37.5 Å². The lowest BCUT2D eigenvalue weighted by atomic mass is 9.95. The molecule has 8 nitrogen and oxygen atoms in total. The Balaban J connectivity index is 1.38. The molecule has 0 spiro atoms. The van der Waals surface area contributed by atoms with Crippen LogP contribution in [0, 0.1) is 19.7 Å². The molecule has 1 aliphatic heterocycles. The molecule has 5 aromatic rings. The van der Waals surface area contributed by atoms with E-state index >= 15 is 0 Å². The van der Waals surface area contributed by atoms with Crippen molar-refractivity contribution in [1.29, 1.82) is 0 Å². The average molecular weight is 631 g/mol. The minimum Gasteiger partial charge on any atom is -0.503 e. The highest BCUT2D eigenvalue weighted by Gasteiger charge is 2.47. The zero-order valence-electron chi connectivity index (χ0n) is 22.9. The zero-order valence-corrected chi connectivity index (χ0v) is 25.3. The Morgan fingerprint density at radius 1 is 1.00 bits per heavy atom. The molecule has 216 valence electrons. The van der Waals surface area contributed by atoms with Crippen LogP contribution in [0.15, 0.2) is 94.5 Å². The van der Waals surface area contributed by atoms with Gasteiger partial charge < -0.3 is 9.84 Å². The summed E-state index contributed by atoms with van der Waals surface area (Å²) in [5.41, 5.74) is 1.48. The number of anilines is 1. The normalized spacial score (nSPS) is 14.9. The molecule has 0 saturated carbocycles. The molecule has 0 aliphatic carbocycles. The summed E-state index contributed by atoms with van der Waals surface area (Å²) in [6.45, 7) is 3.51. The molecule has 0 radical (unpaired) electrons. The number of ketones is 1. The van der Waals surface area contributed by atoms with E-state index in [-0.39, 0.29) is 16.5 Å². The van der Waals surface area contributed by atoms with Crippen LogP contribution in [-0.4, -0.2) is 32.0 Å². The van der Waals surface area contributed by atoms with Gasteiger partial charge >= 0.3 is 0 Å². The van der Waals surface area contributed by atoms with Gasteiger partial charge in [0, 0.05) is 5.75 Å². The molecule has 0 fully saturated rings. The number of hydrogen-bond donors (Lipinski definition) is 1. The SMILES string of the molecule is Cc1nc(C)c(C(=O)C2=C(O)C(=O)N(c3nnc(SCc4ccccc4F)s3)C2c2cccc(Oc3ccccc3)c2)s1. The van der Waals surface area contributed by atoms with Crippen molar-refractivity contribution < 1.29 is 23.8 Å². The second kappa shape index (κ2) is 12.1. The number of aliphatic hydroxyl groups excluding tert-OH is 1. The number of benzene rings is 3. The van der Waals surface area contributed by atoms with E-state index in [2.05, 4.69) is 15.2 Å². The van der Waals surface area contributed by atoms with Crippen LogP contribution >= 0.6 is 34.4 Å². The average Bonchev–Trinajstić information content (AvgIpc) is 3.68. The zero-order chi connectivity index (χ0) is 30.1. The predicted molar refractivity (Wildman–Crippen MR) is 165 cm³/mol. The third-order valence-corrected chi connectivity index (χ3v) is 9.80. The Labute approximate surface area is 258 Å². The second-order valence-corrected chi connectivity index (χ2v) is 12.9. The summed E-state index contributed by atoms with van der Waals surface area (Å²) in [6, 6.07) is 21.7. The molecule has 3 aromatic carbocycles. The second-order valence-electron chi connectivity index (χ2n) is 9.53. The largest absolute Gasteiger partial charge is 0.503 e. The van der Waals surface area contributed by atoms with Crippen LogP contribution in [-0.2, 0) is 10.5 Å². The number of ether oxygens (including phenoxy) is 1. The highest BCUT2D eigenvalue weighted by molar-refractivity contribution is 8.00. The predicted octanol–water partition coefficient (Wildman–Crippen LogP) is 7.62. The van der Waals surface area contributed by atoms with Crippen molar-refractivity contribution in [2.24, 2.45) is 0 Å². The fourth-order valence-electron chi connectivity index (χ4n) is 4.70. The maximum absolute atomic E-state index is 14.2. The standard InChI is InChI=1S/C31H23FN4O4S3/c1-17-28(42-18(2)33-17)26(37)24-25(19-10-8-13-22(15-19)40-21-11-4-3-5-12-21)36(29(39)27(24)38)30-34-35-31(43-30)41-16-20-9-6-7-14-23(20)32/h3-15,25,38H,16H2,1-2H3. The lowest BCUT2D eigenvalue weighted by Crippen LogP contribution is -2.31. The van der Waals surface area contributed by atoms with Gasteiger partial charge in [0.05, 0.1) is 27.2 Å². The maximum atomic E-state index is 14.2. The highest BCUT2D eigenvalue weighted by Crippen LogP contribution is 2.45. The molecular weight excluding hydrogens is 608 g/mol. The van der Waals surface area contributed by atoms with Gasteiger partial charge in [0.25, 0.3) is 5.91 Å². The van der Waals surface area contributed by atoms with E-state index in [9.17, 15) is 19.1 Å². The van der Waals surface area contributed by atoms with Gasteiger partial charge in [-0.3, -0.25) is 14.5 Å². The number of halogens is 1.